The summed E-state index contributed by atoms with van der Waals surface area (Å²) in [6.07, 6.45) is 0. The molecule has 0 aliphatic heterocycles. The molecule has 0 amide bonds. The van der Waals surface area contributed by atoms with Crippen LogP contribution in [0.5, 0.6) is 0 Å². The summed E-state index contributed by atoms with van der Waals surface area (Å²) in [6.45, 7) is 8.53. The number of benzene rings is 1. The summed E-state index contributed by atoms with van der Waals surface area (Å²) < 4.78 is 0. The number of hydrogen-bond acceptors (Lipinski definition) is 2. The van der Waals surface area contributed by atoms with Gasteiger partial charge in [-0.3, -0.25) is 0 Å². The van der Waals surface area contributed by atoms with Crippen molar-refractivity contribution in [1.82, 2.24) is 0 Å². The molecule has 0 bridgehead atoms. The van der Waals surface area contributed by atoms with E-state index in [1.807, 2.05) is 13.0 Å². The number of hydrogen-bond donors (Lipinski definition) is 2. The first-order valence-electron chi connectivity index (χ1n) is 5.29. The predicted octanol–water partition coefficient (Wildman–Crippen LogP) is 2.44. The highest BCUT2D eigenvalue weighted by molar-refractivity contribution is 6.78. The van der Waals surface area contributed by atoms with Crippen molar-refractivity contribution in [2.45, 2.75) is 31.7 Å². The Morgan fingerprint density at radius 3 is 2.38 bits per heavy atom. The lowest BCUT2D eigenvalue weighted by Crippen LogP contribution is -2.54. The summed E-state index contributed by atoms with van der Waals surface area (Å²) in [5, 5.41) is 8.53. The van der Waals surface area contributed by atoms with Crippen LogP contribution < -0.4 is 5.73 Å². The summed E-state index contributed by atoms with van der Waals surface area (Å²) in [5.41, 5.74) is 7.56. The molecule has 0 radical (unpaired) electrons. The first-order chi connectivity index (χ1) is 7.16. The Balaban J connectivity index is 3.24. The van der Waals surface area contributed by atoms with Gasteiger partial charge in [-0.15, -0.1) is 0 Å². The van der Waals surface area contributed by atoms with E-state index in [1.165, 1.54) is 0 Å². The molecule has 4 heteroatoms. The van der Waals surface area contributed by atoms with Gasteiger partial charge in [-0.05, 0) is 24.6 Å². The van der Waals surface area contributed by atoms with Crippen molar-refractivity contribution >= 4 is 14.0 Å². The molecule has 16 heavy (non-hydrogen) atoms. The van der Waals surface area contributed by atoms with E-state index in [2.05, 4.69) is 19.6 Å². The van der Waals surface area contributed by atoms with Gasteiger partial charge in [-0.1, -0.05) is 31.8 Å². The van der Waals surface area contributed by atoms with Crippen LogP contribution in [0.2, 0.25) is 19.6 Å². The maximum atomic E-state index is 10.9. The van der Waals surface area contributed by atoms with E-state index in [0.29, 0.717) is 5.56 Å². The average Bonchev–Trinajstić information content (AvgIpc) is 2.16. The molecule has 0 spiro atoms. The third kappa shape index (κ3) is 2.33. The van der Waals surface area contributed by atoms with Crippen molar-refractivity contribution in [3.8, 4) is 0 Å². The maximum Gasteiger partial charge on any atom is 0.335 e. The van der Waals surface area contributed by atoms with Gasteiger partial charge in [0, 0.05) is 5.16 Å². The van der Waals surface area contributed by atoms with Gasteiger partial charge in [0.25, 0.3) is 0 Å². The molecule has 3 nitrogen and oxygen atoms in total. The van der Waals surface area contributed by atoms with E-state index in [0.717, 1.165) is 5.56 Å². The molecule has 0 aliphatic carbocycles. The molecule has 0 saturated heterocycles. The van der Waals surface area contributed by atoms with Crippen LogP contribution in [0, 0.1) is 0 Å². The zero-order valence-electron chi connectivity index (χ0n) is 10.2. The fraction of sp³-hybridized carbons (Fsp3) is 0.417. The molecule has 0 heterocycles. The van der Waals surface area contributed by atoms with Crippen LogP contribution in [0.4, 0.5) is 0 Å². The summed E-state index contributed by atoms with van der Waals surface area (Å²) in [5.74, 6) is -0.909. The van der Waals surface area contributed by atoms with E-state index < -0.39 is 19.2 Å². The van der Waals surface area contributed by atoms with Gasteiger partial charge in [0.05, 0.1) is 13.6 Å². The van der Waals surface area contributed by atoms with Crippen LogP contribution in [0.1, 0.15) is 22.8 Å². The number of carboxylic acids is 1. The lowest BCUT2D eigenvalue weighted by Gasteiger charge is -2.37. The van der Waals surface area contributed by atoms with Crippen molar-refractivity contribution in [3.05, 3.63) is 35.4 Å². The van der Waals surface area contributed by atoms with Crippen molar-refractivity contribution < 1.29 is 9.90 Å². The molecule has 1 atom stereocenters. The van der Waals surface area contributed by atoms with Crippen LogP contribution in [0.25, 0.3) is 0 Å². The molecule has 0 fully saturated rings. The van der Waals surface area contributed by atoms with E-state index in [4.69, 9.17) is 10.8 Å². The Labute approximate surface area is 97.3 Å². The van der Waals surface area contributed by atoms with Crippen molar-refractivity contribution in [3.63, 3.8) is 0 Å². The van der Waals surface area contributed by atoms with Gasteiger partial charge in [0.1, 0.15) is 0 Å². The highest BCUT2D eigenvalue weighted by atomic mass is 28.3. The van der Waals surface area contributed by atoms with Crippen molar-refractivity contribution in [1.29, 1.82) is 0 Å². The Morgan fingerprint density at radius 2 is 1.94 bits per heavy atom. The average molecular weight is 237 g/mol. The van der Waals surface area contributed by atoms with Crippen LogP contribution in [0.3, 0.4) is 0 Å². The first-order valence-corrected chi connectivity index (χ1v) is 8.79. The quantitative estimate of drug-likeness (QED) is 0.794. The number of aromatic carboxylic acids is 1. The minimum atomic E-state index is -1.60. The van der Waals surface area contributed by atoms with Crippen LogP contribution >= 0.6 is 0 Å². The van der Waals surface area contributed by atoms with E-state index in [9.17, 15) is 4.79 Å². The molecule has 0 aromatic heterocycles. The van der Waals surface area contributed by atoms with Gasteiger partial charge in [-0.25, -0.2) is 4.79 Å². The van der Waals surface area contributed by atoms with Gasteiger partial charge < -0.3 is 10.8 Å². The standard InChI is InChI=1S/C12H19NO2Si/c1-12(13,16(2,3)4)10-7-5-6-9(8-10)11(14)15/h5-8H,13H2,1-4H3,(H,14,15). The van der Waals surface area contributed by atoms with E-state index >= 15 is 0 Å². The van der Waals surface area contributed by atoms with Gasteiger partial charge in [0.2, 0.25) is 0 Å². The zero-order chi connectivity index (χ0) is 12.6. The number of carboxylic acid groups (broad SMARTS) is 1. The molecule has 1 aromatic rings. The molecular formula is C12H19NO2Si. The first kappa shape index (κ1) is 12.9. The fourth-order valence-electron chi connectivity index (χ4n) is 1.41. The van der Waals surface area contributed by atoms with Crippen LogP contribution in [-0.4, -0.2) is 19.1 Å². The van der Waals surface area contributed by atoms with Crippen molar-refractivity contribution in [2.75, 3.05) is 0 Å². The predicted molar refractivity (Wildman–Crippen MR) is 68.3 cm³/mol. The monoisotopic (exact) mass is 237 g/mol. The lowest BCUT2D eigenvalue weighted by atomic mass is 10.1. The SMILES string of the molecule is CC(N)(c1cccc(C(=O)O)c1)[Si](C)(C)C. The minimum absolute atomic E-state index is 0.299. The van der Waals surface area contributed by atoms with E-state index in [1.54, 1.807) is 18.2 Å². The Kier molecular flexibility index (Phi) is 3.26. The molecular weight excluding hydrogens is 218 g/mol. The second-order valence-electron chi connectivity index (χ2n) is 5.34. The molecule has 88 valence electrons. The summed E-state index contributed by atoms with van der Waals surface area (Å²) in [4.78, 5) is 10.9. The number of nitrogens with two attached hydrogens (primary N) is 1. The van der Waals surface area contributed by atoms with Crippen molar-refractivity contribution in [2.24, 2.45) is 5.73 Å². The summed E-state index contributed by atoms with van der Waals surface area (Å²) in [7, 11) is -1.60. The van der Waals surface area contributed by atoms with E-state index in [-0.39, 0.29) is 0 Å². The highest BCUT2D eigenvalue weighted by Crippen LogP contribution is 2.29. The highest BCUT2D eigenvalue weighted by Gasteiger charge is 2.37. The third-order valence-corrected chi connectivity index (χ3v) is 6.67. The van der Waals surface area contributed by atoms with Crippen LogP contribution in [-0.2, 0) is 5.16 Å². The summed E-state index contributed by atoms with van der Waals surface area (Å²) >= 11 is 0. The molecule has 1 unspecified atom stereocenters. The van der Waals surface area contributed by atoms with Gasteiger partial charge in [0.15, 0.2) is 0 Å². The molecule has 3 N–H and O–H groups in total. The maximum absolute atomic E-state index is 10.9. The minimum Gasteiger partial charge on any atom is -0.478 e. The fourth-order valence-corrected chi connectivity index (χ4v) is 2.43. The number of carbonyl (C=O) groups is 1. The molecule has 0 saturated carbocycles. The lowest BCUT2D eigenvalue weighted by molar-refractivity contribution is 0.0696. The topological polar surface area (TPSA) is 63.3 Å². The third-order valence-electron chi connectivity index (χ3n) is 3.27. The Morgan fingerprint density at radius 1 is 1.38 bits per heavy atom. The molecule has 0 aliphatic rings. The molecule has 1 aromatic carbocycles. The molecule has 1 rings (SSSR count). The Hall–Kier alpha value is -1.13. The second kappa shape index (κ2) is 4.03. The smallest absolute Gasteiger partial charge is 0.335 e. The second-order valence-corrected chi connectivity index (χ2v) is 10.9. The van der Waals surface area contributed by atoms with Gasteiger partial charge >= 0.3 is 5.97 Å². The largest absolute Gasteiger partial charge is 0.478 e. The summed E-state index contributed by atoms with van der Waals surface area (Å²) in [6, 6.07) is 6.93. The van der Waals surface area contributed by atoms with Gasteiger partial charge in [-0.2, -0.15) is 0 Å². The zero-order valence-corrected chi connectivity index (χ0v) is 11.2. The Bertz CT molecular complexity index is 408. The number of rotatable bonds is 3. The van der Waals surface area contributed by atoms with Crippen LogP contribution in [0.15, 0.2) is 24.3 Å². The normalized spacial score (nSPS) is 15.6.